The van der Waals surface area contributed by atoms with Crippen molar-refractivity contribution in [3.8, 4) is 11.5 Å². The van der Waals surface area contributed by atoms with Gasteiger partial charge < -0.3 is 14.8 Å². The molecule has 0 saturated heterocycles. The number of carbonyl (C=O) groups is 1. The van der Waals surface area contributed by atoms with Crippen LogP contribution >= 0.6 is 0 Å². The van der Waals surface area contributed by atoms with Crippen molar-refractivity contribution >= 4 is 11.7 Å². The van der Waals surface area contributed by atoms with E-state index in [0.29, 0.717) is 47.4 Å². The Morgan fingerprint density at radius 2 is 1.75 bits per heavy atom. The van der Waals surface area contributed by atoms with Crippen molar-refractivity contribution in [1.29, 1.82) is 0 Å². The first-order chi connectivity index (χ1) is 15.2. The van der Waals surface area contributed by atoms with Crippen LogP contribution in [0.2, 0.25) is 0 Å². The number of benzene rings is 2. The number of aryl methyl sites for hydroxylation is 1. The third kappa shape index (κ3) is 5.60. The molecule has 0 aliphatic heterocycles. The number of ether oxygens (including phenoxy) is 2. The van der Waals surface area contributed by atoms with Crippen molar-refractivity contribution < 1.29 is 27.4 Å². The summed E-state index contributed by atoms with van der Waals surface area (Å²) < 4.78 is 51.4. The highest BCUT2D eigenvalue weighted by Crippen LogP contribution is 2.30. The van der Waals surface area contributed by atoms with Crippen molar-refractivity contribution in [1.82, 2.24) is 9.78 Å². The van der Waals surface area contributed by atoms with Gasteiger partial charge in [-0.25, -0.2) is 0 Å². The van der Waals surface area contributed by atoms with E-state index in [-0.39, 0.29) is 6.54 Å². The van der Waals surface area contributed by atoms with Crippen molar-refractivity contribution in [2.75, 3.05) is 18.5 Å². The highest BCUT2D eigenvalue weighted by molar-refractivity contribution is 6.04. The molecule has 32 heavy (non-hydrogen) atoms. The van der Waals surface area contributed by atoms with Gasteiger partial charge in [-0.15, -0.1) is 0 Å². The van der Waals surface area contributed by atoms with Crippen LogP contribution in [0.25, 0.3) is 0 Å². The van der Waals surface area contributed by atoms with Crippen molar-refractivity contribution in [2.45, 2.75) is 33.5 Å². The second-order valence-electron chi connectivity index (χ2n) is 7.01. The fourth-order valence-electron chi connectivity index (χ4n) is 3.13. The number of rotatable bonds is 8. The Balaban J connectivity index is 1.75. The first-order valence-corrected chi connectivity index (χ1v) is 10.1. The van der Waals surface area contributed by atoms with Gasteiger partial charge in [-0.1, -0.05) is 12.1 Å². The molecule has 0 aliphatic carbocycles. The topological polar surface area (TPSA) is 65.4 Å². The Hall–Kier alpha value is -3.49. The van der Waals surface area contributed by atoms with Crippen LogP contribution in [-0.2, 0) is 12.7 Å². The average Bonchev–Trinajstić information content (AvgIpc) is 3.07. The van der Waals surface area contributed by atoms with Crippen LogP contribution in [0.3, 0.4) is 0 Å². The van der Waals surface area contributed by atoms with Gasteiger partial charge in [0, 0.05) is 17.3 Å². The molecule has 1 amide bonds. The number of nitrogens with zero attached hydrogens (tertiary/aromatic N) is 2. The molecule has 0 bridgehead atoms. The number of hydrogen-bond acceptors (Lipinski definition) is 4. The van der Waals surface area contributed by atoms with Gasteiger partial charge in [-0.3, -0.25) is 9.48 Å². The largest absolute Gasteiger partial charge is 0.490 e. The summed E-state index contributed by atoms with van der Waals surface area (Å²) in [6.45, 7) is 6.48. The molecule has 0 spiro atoms. The fraction of sp³-hybridized carbons (Fsp3) is 0.304. The summed E-state index contributed by atoms with van der Waals surface area (Å²) in [5.74, 6) is 0.921. The zero-order valence-electron chi connectivity index (χ0n) is 18.0. The van der Waals surface area contributed by atoms with Gasteiger partial charge >= 0.3 is 6.18 Å². The highest BCUT2D eigenvalue weighted by atomic mass is 19.4. The van der Waals surface area contributed by atoms with Crippen molar-refractivity contribution in [2.24, 2.45) is 0 Å². The molecule has 170 valence electrons. The van der Waals surface area contributed by atoms with Gasteiger partial charge in [0.2, 0.25) is 0 Å². The zero-order chi connectivity index (χ0) is 23.3. The van der Waals surface area contributed by atoms with E-state index in [9.17, 15) is 18.0 Å². The average molecular weight is 447 g/mol. The van der Waals surface area contributed by atoms with E-state index in [1.165, 1.54) is 10.7 Å². The number of anilines is 1. The van der Waals surface area contributed by atoms with Gasteiger partial charge in [0.1, 0.15) is 0 Å². The van der Waals surface area contributed by atoms with Crippen LogP contribution in [0, 0.1) is 6.92 Å². The van der Waals surface area contributed by atoms with Crippen LogP contribution in [0.4, 0.5) is 19.0 Å². The number of amides is 1. The molecule has 1 N–H and O–H groups in total. The van der Waals surface area contributed by atoms with Crippen LogP contribution in [0.15, 0.2) is 48.5 Å². The normalized spacial score (nSPS) is 11.3. The summed E-state index contributed by atoms with van der Waals surface area (Å²) in [7, 11) is 0. The fourth-order valence-corrected chi connectivity index (χ4v) is 3.13. The molecule has 9 heteroatoms. The minimum atomic E-state index is -4.41. The van der Waals surface area contributed by atoms with Gasteiger partial charge in [-0.2, -0.15) is 18.3 Å². The lowest BCUT2D eigenvalue weighted by atomic mass is 10.1. The van der Waals surface area contributed by atoms with Gasteiger partial charge in [0.15, 0.2) is 17.3 Å². The quantitative estimate of drug-likeness (QED) is 0.508. The molecule has 1 aromatic heterocycles. The number of carbonyl (C=O) groups excluding carboxylic acids is 1. The zero-order valence-corrected chi connectivity index (χ0v) is 18.0. The summed E-state index contributed by atoms with van der Waals surface area (Å²) in [5.41, 5.74) is 0.798. The summed E-state index contributed by atoms with van der Waals surface area (Å²) in [5, 5.41) is 7.03. The minimum absolute atomic E-state index is 0.142. The molecular formula is C23H24F3N3O3. The van der Waals surface area contributed by atoms with E-state index in [4.69, 9.17) is 9.47 Å². The van der Waals surface area contributed by atoms with E-state index in [0.717, 1.165) is 12.1 Å². The second-order valence-corrected chi connectivity index (χ2v) is 7.01. The van der Waals surface area contributed by atoms with Crippen LogP contribution in [-0.4, -0.2) is 28.9 Å². The van der Waals surface area contributed by atoms with Crippen LogP contribution < -0.4 is 14.8 Å². The summed E-state index contributed by atoms with van der Waals surface area (Å²) in [4.78, 5) is 12.7. The molecule has 6 nitrogen and oxygen atoms in total. The minimum Gasteiger partial charge on any atom is -0.490 e. The summed E-state index contributed by atoms with van der Waals surface area (Å²) in [6, 6.07) is 11.6. The number of halogens is 3. The molecule has 0 aliphatic rings. The van der Waals surface area contributed by atoms with E-state index in [1.54, 1.807) is 37.3 Å². The molecule has 1 heterocycles. The molecule has 0 fully saturated rings. The van der Waals surface area contributed by atoms with Gasteiger partial charge in [-0.05, 0) is 56.7 Å². The standard InChI is InChI=1S/C23H24F3N3O3/c1-4-31-19-10-9-17(13-20(19)32-5-2)22(30)27-21-11-15(3)29(28-21)14-16-7-6-8-18(12-16)23(24,25)26/h6-13H,4-5,14H2,1-3H3,(H,27,28,30). The molecule has 3 aromatic rings. The third-order valence-corrected chi connectivity index (χ3v) is 4.62. The lowest BCUT2D eigenvalue weighted by Crippen LogP contribution is -2.13. The van der Waals surface area contributed by atoms with Crippen molar-refractivity contribution in [3.63, 3.8) is 0 Å². The predicted octanol–water partition coefficient (Wildman–Crippen LogP) is 5.31. The SMILES string of the molecule is CCOc1ccc(C(=O)Nc2cc(C)n(Cc3cccc(C(F)(F)F)c3)n2)cc1OCC. The maximum Gasteiger partial charge on any atom is 0.416 e. The highest BCUT2D eigenvalue weighted by Gasteiger charge is 2.30. The Morgan fingerprint density at radius 3 is 2.44 bits per heavy atom. The lowest BCUT2D eigenvalue weighted by molar-refractivity contribution is -0.137. The smallest absolute Gasteiger partial charge is 0.416 e. The van der Waals surface area contributed by atoms with E-state index in [1.807, 2.05) is 13.8 Å². The Morgan fingerprint density at radius 1 is 1.03 bits per heavy atom. The number of hydrogen-bond donors (Lipinski definition) is 1. The number of aromatic nitrogens is 2. The predicted molar refractivity (Wildman–Crippen MR) is 114 cm³/mol. The number of alkyl halides is 3. The molecule has 0 saturated carbocycles. The Kier molecular flexibility index (Phi) is 7.07. The Bertz CT molecular complexity index is 1090. The van der Waals surface area contributed by atoms with Gasteiger partial charge in [0.05, 0.1) is 25.3 Å². The first kappa shape index (κ1) is 23.2. The second kappa shape index (κ2) is 9.76. The van der Waals surface area contributed by atoms with Gasteiger partial charge in [0.25, 0.3) is 5.91 Å². The lowest BCUT2D eigenvalue weighted by Gasteiger charge is -2.12. The van der Waals surface area contributed by atoms with E-state index >= 15 is 0 Å². The first-order valence-electron chi connectivity index (χ1n) is 10.1. The molecule has 0 atom stereocenters. The Labute approximate surface area is 184 Å². The molecule has 2 aromatic carbocycles. The van der Waals surface area contributed by atoms with E-state index in [2.05, 4.69) is 10.4 Å². The molecule has 0 unspecified atom stereocenters. The summed E-state index contributed by atoms with van der Waals surface area (Å²) in [6.07, 6.45) is -4.41. The van der Waals surface area contributed by atoms with Crippen LogP contribution in [0.5, 0.6) is 11.5 Å². The molecule has 3 rings (SSSR count). The maximum absolute atomic E-state index is 13.0. The summed E-state index contributed by atoms with van der Waals surface area (Å²) >= 11 is 0. The van der Waals surface area contributed by atoms with Crippen molar-refractivity contribution in [3.05, 3.63) is 70.9 Å². The van der Waals surface area contributed by atoms with Crippen LogP contribution in [0.1, 0.15) is 41.0 Å². The maximum atomic E-state index is 13.0. The monoisotopic (exact) mass is 447 g/mol. The van der Waals surface area contributed by atoms with E-state index < -0.39 is 17.6 Å². The molecular weight excluding hydrogens is 423 g/mol. The number of nitrogens with one attached hydrogen (secondary N) is 1. The third-order valence-electron chi connectivity index (χ3n) is 4.62. The molecule has 0 radical (unpaired) electrons.